The highest BCUT2D eigenvalue weighted by Gasteiger charge is 2.28. The molecule has 0 unspecified atom stereocenters. The lowest BCUT2D eigenvalue weighted by molar-refractivity contribution is 0.226. The van der Waals surface area contributed by atoms with E-state index in [0.717, 1.165) is 51.1 Å². The molecule has 19 heavy (non-hydrogen) atoms. The van der Waals surface area contributed by atoms with Crippen LogP contribution in [0.2, 0.25) is 0 Å². The number of hydrogen-bond donors (Lipinski definition) is 1. The first-order chi connectivity index (χ1) is 9.29. The number of hydrogen-bond acceptors (Lipinski definition) is 3. The van der Waals surface area contributed by atoms with Gasteiger partial charge in [0.2, 0.25) is 0 Å². The molecule has 0 amide bonds. The number of halogens is 1. The molecule has 1 aromatic carbocycles. The van der Waals surface area contributed by atoms with Crippen LogP contribution in [-0.2, 0) is 6.42 Å². The summed E-state index contributed by atoms with van der Waals surface area (Å²) < 4.78 is 13.6. The number of rotatable bonds is 2. The van der Waals surface area contributed by atoms with Crippen LogP contribution in [0.25, 0.3) is 0 Å². The van der Waals surface area contributed by atoms with Gasteiger partial charge in [0.15, 0.2) is 0 Å². The van der Waals surface area contributed by atoms with Gasteiger partial charge in [-0.05, 0) is 36.0 Å². The lowest BCUT2D eigenvalue weighted by Gasteiger charge is -2.29. The summed E-state index contributed by atoms with van der Waals surface area (Å²) in [5.41, 5.74) is 2.40. The van der Waals surface area contributed by atoms with Crippen molar-refractivity contribution in [1.29, 1.82) is 5.26 Å². The minimum Gasteiger partial charge on any atom is -0.314 e. The van der Waals surface area contributed by atoms with Gasteiger partial charge in [0.05, 0.1) is 5.56 Å². The topological polar surface area (TPSA) is 39.1 Å². The maximum atomic E-state index is 13.6. The highest BCUT2D eigenvalue weighted by atomic mass is 19.1. The number of nitrogens with zero attached hydrogens (tertiary/aromatic N) is 2. The molecule has 1 saturated heterocycles. The van der Waals surface area contributed by atoms with Crippen molar-refractivity contribution in [1.82, 2.24) is 10.2 Å². The fourth-order valence-electron chi connectivity index (χ4n) is 3.28. The van der Waals surface area contributed by atoms with Crippen LogP contribution in [0.4, 0.5) is 4.39 Å². The lowest BCUT2D eigenvalue weighted by Crippen LogP contribution is -2.44. The third-order valence-corrected chi connectivity index (χ3v) is 4.28. The van der Waals surface area contributed by atoms with Crippen molar-refractivity contribution < 1.29 is 4.39 Å². The van der Waals surface area contributed by atoms with Gasteiger partial charge in [0, 0.05) is 32.7 Å². The molecule has 1 aromatic rings. The molecule has 100 valence electrons. The Balaban J connectivity index is 1.80. The van der Waals surface area contributed by atoms with Gasteiger partial charge >= 0.3 is 0 Å². The highest BCUT2D eigenvalue weighted by Crippen LogP contribution is 2.36. The minimum absolute atomic E-state index is 0.264. The molecule has 1 fully saturated rings. The van der Waals surface area contributed by atoms with Crippen LogP contribution in [0.5, 0.6) is 0 Å². The molecule has 0 spiro atoms. The Kier molecular flexibility index (Phi) is 3.50. The summed E-state index contributed by atoms with van der Waals surface area (Å²) in [7, 11) is 0. The summed E-state index contributed by atoms with van der Waals surface area (Å²) in [6.07, 6.45) is 1.88. The van der Waals surface area contributed by atoms with E-state index in [1.165, 1.54) is 11.6 Å². The van der Waals surface area contributed by atoms with E-state index in [1.807, 2.05) is 12.1 Å². The van der Waals surface area contributed by atoms with Crippen molar-refractivity contribution in [2.75, 3.05) is 32.7 Å². The molecule has 1 aliphatic carbocycles. The molecular formula is C15H18FN3. The van der Waals surface area contributed by atoms with Crippen LogP contribution < -0.4 is 5.32 Å². The molecule has 0 radical (unpaired) electrons. The molecule has 1 aliphatic heterocycles. The van der Waals surface area contributed by atoms with Gasteiger partial charge in [-0.3, -0.25) is 0 Å². The fourth-order valence-corrected chi connectivity index (χ4v) is 3.28. The van der Waals surface area contributed by atoms with E-state index in [-0.39, 0.29) is 11.4 Å². The van der Waals surface area contributed by atoms with Gasteiger partial charge < -0.3 is 10.2 Å². The molecule has 1 heterocycles. The van der Waals surface area contributed by atoms with Gasteiger partial charge in [-0.2, -0.15) is 5.26 Å². The van der Waals surface area contributed by atoms with Gasteiger partial charge in [0.25, 0.3) is 0 Å². The molecule has 0 aromatic heterocycles. The molecule has 0 saturated carbocycles. The van der Waals surface area contributed by atoms with E-state index >= 15 is 0 Å². The Bertz CT molecular complexity index is 515. The Hall–Kier alpha value is -1.44. The number of benzene rings is 1. The number of piperazine rings is 1. The zero-order chi connectivity index (χ0) is 13.2. The van der Waals surface area contributed by atoms with E-state index in [2.05, 4.69) is 10.2 Å². The van der Waals surface area contributed by atoms with E-state index in [9.17, 15) is 4.39 Å². The largest absolute Gasteiger partial charge is 0.314 e. The third kappa shape index (κ3) is 2.36. The minimum atomic E-state index is -0.371. The Labute approximate surface area is 113 Å². The predicted octanol–water partition coefficient (Wildman–Crippen LogP) is 1.63. The molecule has 2 aliphatic rings. The molecule has 1 N–H and O–H groups in total. The maximum Gasteiger partial charge on any atom is 0.141 e. The molecule has 3 rings (SSSR count). The monoisotopic (exact) mass is 259 g/mol. The Morgan fingerprint density at radius 3 is 2.89 bits per heavy atom. The van der Waals surface area contributed by atoms with Crippen molar-refractivity contribution in [2.45, 2.75) is 18.8 Å². The average molecular weight is 259 g/mol. The second-order valence-corrected chi connectivity index (χ2v) is 5.39. The first-order valence-corrected chi connectivity index (χ1v) is 6.94. The second-order valence-electron chi connectivity index (χ2n) is 5.39. The quantitative estimate of drug-likeness (QED) is 0.877. The number of fused-ring (bicyclic) bond motifs is 1. The molecular weight excluding hydrogens is 241 g/mol. The molecule has 0 bridgehead atoms. The summed E-state index contributed by atoms with van der Waals surface area (Å²) >= 11 is 0. The normalized spacial score (nSPS) is 23.1. The van der Waals surface area contributed by atoms with E-state index in [0.29, 0.717) is 5.92 Å². The van der Waals surface area contributed by atoms with Crippen LogP contribution in [0.1, 0.15) is 29.0 Å². The van der Waals surface area contributed by atoms with Gasteiger partial charge in [0.1, 0.15) is 11.9 Å². The summed E-state index contributed by atoms with van der Waals surface area (Å²) in [5.74, 6) is 0.0878. The zero-order valence-corrected chi connectivity index (χ0v) is 11.0. The lowest BCUT2D eigenvalue weighted by atomic mass is 9.98. The summed E-state index contributed by atoms with van der Waals surface area (Å²) in [5, 5.41) is 12.4. The molecule has 4 heteroatoms. The van der Waals surface area contributed by atoms with Crippen molar-refractivity contribution >= 4 is 0 Å². The van der Waals surface area contributed by atoms with Crippen LogP contribution in [0, 0.1) is 17.1 Å². The number of nitriles is 1. The summed E-state index contributed by atoms with van der Waals surface area (Å²) in [6.45, 7) is 5.29. The second kappa shape index (κ2) is 5.28. The van der Waals surface area contributed by atoms with Crippen LogP contribution >= 0.6 is 0 Å². The van der Waals surface area contributed by atoms with Gasteiger partial charge in [-0.1, -0.05) is 6.07 Å². The van der Waals surface area contributed by atoms with Crippen LogP contribution in [0.3, 0.4) is 0 Å². The molecule has 3 nitrogen and oxygen atoms in total. The average Bonchev–Trinajstić information content (AvgIpc) is 2.83. The number of nitrogens with one attached hydrogen (secondary N) is 1. The van der Waals surface area contributed by atoms with E-state index < -0.39 is 0 Å². The van der Waals surface area contributed by atoms with Crippen LogP contribution in [-0.4, -0.2) is 37.6 Å². The smallest absolute Gasteiger partial charge is 0.141 e. The highest BCUT2D eigenvalue weighted by molar-refractivity contribution is 5.48. The standard InChI is InChI=1S/C15H18FN3/c16-15-4-3-12-11(1-2-13(12)14(15)9-17)10-19-7-5-18-6-8-19/h3-4,11,18H,1-2,5-8,10H2/t11-/m0/s1. The van der Waals surface area contributed by atoms with Crippen molar-refractivity contribution in [3.8, 4) is 6.07 Å². The first-order valence-electron chi connectivity index (χ1n) is 6.94. The SMILES string of the molecule is N#Cc1c(F)ccc2c1CC[C@H]2CN1CCNCC1. The Morgan fingerprint density at radius 1 is 1.37 bits per heavy atom. The van der Waals surface area contributed by atoms with Crippen molar-refractivity contribution in [3.63, 3.8) is 0 Å². The third-order valence-electron chi connectivity index (χ3n) is 4.28. The Morgan fingerprint density at radius 2 is 2.16 bits per heavy atom. The first kappa shape index (κ1) is 12.6. The summed E-state index contributed by atoms with van der Waals surface area (Å²) in [4.78, 5) is 2.46. The fraction of sp³-hybridized carbons (Fsp3) is 0.533. The van der Waals surface area contributed by atoms with E-state index in [1.54, 1.807) is 0 Å². The predicted molar refractivity (Wildman–Crippen MR) is 71.5 cm³/mol. The zero-order valence-electron chi connectivity index (χ0n) is 11.0. The summed E-state index contributed by atoms with van der Waals surface area (Å²) in [6, 6.07) is 5.35. The van der Waals surface area contributed by atoms with E-state index in [4.69, 9.17) is 5.26 Å². The van der Waals surface area contributed by atoms with Gasteiger partial charge in [-0.15, -0.1) is 0 Å². The molecule has 1 atom stereocenters. The van der Waals surface area contributed by atoms with Gasteiger partial charge in [-0.25, -0.2) is 4.39 Å². The van der Waals surface area contributed by atoms with Crippen LogP contribution in [0.15, 0.2) is 12.1 Å². The maximum absolute atomic E-state index is 13.6. The van der Waals surface area contributed by atoms with Crippen molar-refractivity contribution in [3.05, 3.63) is 34.6 Å². The van der Waals surface area contributed by atoms with Crippen molar-refractivity contribution in [2.24, 2.45) is 0 Å².